The van der Waals surface area contributed by atoms with E-state index in [4.69, 9.17) is 9.47 Å². The van der Waals surface area contributed by atoms with Crippen molar-refractivity contribution in [3.8, 4) is 33.8 Å². The van der Waals surface area contributed by atoms with Gasteiger partial charge in [0.25, 0.3) is 17.7 Å². The molecule has 376 valence electrons. The number of hydrogen-bond donors (Lipinski definition) is 4. The van der Waals surface area contributed by atoms with Gasteiger partial charge in [-0.25, -0.2) is 4.98 Å². The van der Waals surface area contributed by atoms with Gasteiger partial charge in [0.2, 0.25) is 0 Å². The van der Waals surface area contributed by atoms with Gasteiger partial charge >= 0.3 is 6.18 Å². The van der Waals surface area contributed by atoms with Gasteiger partial charge in [-0.2, -0.15) is 18.4 Å². The van der Waals surface area contributed by atoms with Crippen molar-refractivity contribution in [2.45, 2.75) is 106 Å². The lowest BCUT2D eigenvalue weighted by molar-refractivity contribution is -0.199. The minimum Gasteiger partial charge on any atom is -0.506 e. The topological polar surface area (TPSA) is 171 Å². The Bertz CT molecular complexity index is 3060. The van der Waals surface area contributed by atoms with Crippen LogP contribution in [0.15, 0.2) is 103 Å². The fourth-order valence-corrected chi connectivity index (χ4v) is 11.4. The van der Waals surface area contributed by atoms with Crippen LogP contribution in [0.5, 0.6) is 17.2 Å². The molecule has 72 heavy (non-hydrogen) atoms. The monoisotopic (exact) mass is 1000 g/mol. The second-order valence-corrected chi connectivity index (χ2v) is 21.8. The number of nitriles is 1. The first kappa shape index (κ1) is 51.0. The molecule has 1 aliphatic heterocycles. The first-order valence-corrected chi connectivity index (χ1v) is 24.4. The molecular weight excluding hydrogens is 944 g/mol. The molecule has 3 amide bonds. The highest BCUT2D eigenvalue weighted by atomic mass is 32.1. The van der Waals surface area contributed by atoms with Crippen molar-refractivity contribution >= 4 is 40.4 Å². The molecule has 1 aliphatic carbocycles. The third-order valence-corrected chi connectivity index (χ3v) is 14.8. The molecule has 0 saturated heterocycles. The van der Waals surface area contributed by atoms with E-state index in [1.807, 2.05) is 115 Å². The second-order valence-electron chi connectivity index (χ2n) is 20.9. The van der Waals surface area contributed by atoms with Crippen LogP contribution in [0.25, 0.3) is 10.4 Å². The van der Waals surface area contributed by atoms with Gasteiger partial charge in [0.1, 0.15) is 29.0 Å². The molecular formula is C55H58F3N7O6S. The number of carbonyl (C=O) groups excluding carboxylic acids is 3. The molecule has 1 unspecified atom stereocenters. The van der Waals surface area contributed by atoms with Crippen LogP contribution in [-0.2, 0) is 24.1 Å². The lowest BCUT2D eigenvalue weighted by atomic mass is 9.49. The number of aryl methyl sites for hydroxylation is 1. The van der Waals surface area contributed by atoms with Crippen molar-refractivity contribution in [2.75, 3.05) is 11.9 Å². The quantitative estimate of drug-likeness (QED) is 0.0782. The number of ether oxygens (including phenoxy) is 2. The van der Waals surface area contributed by atoms with Crippen molar-refractivity contribution in [2.24, 2.45) is 16.2 Å². The predicted octanol–water partition coefficient (Wildman–Crippen LogP) is 11.2. The number of halogens is 3. The lowest BCUT2D eigenvalue weighted by Crippen LogP contribution is -2.74. The van der Waals surface area contributed by atoms with Crippen LogP contribution in [0.1, 0.15) is 110 Å². The Morgan fingerprint density at radius 3 is 2.31 bits per heavy atom. The van der Waals surface area contributed by atoms with Crippen LogP contribution in [-0.4, -0.2) is 62.1 Å². The van der Waals surface area contributed by atoms with Crippen molar-refractivity contribution in [1.82, 2.24) is 25.1 Å². The molecule has 0 radical (unpaired) electrons. The maximum Gasteiger partial charge on any atom is 0.417 e. The van der Waals surface area contributed by atoms with Crippen LogP contribution in [0.4, 0.5) is 24.5 Å². The third-order valence-electron chi connectivity index (χ3n) is 13.8. The van der Waals surface area contributed by atoms with Crippen LogP contribution in [0, 0.1) is 34.5 Å². The maximum atomic E-state index is 13.9. The van der Waals surface area contributed by atoms with Crippen molar-refractivity contribution in [3.05, 3.63) is 142 Å². The molecule has 2 aliphatic rings. The summed E-state index contributed by atoms with van der Waals surface area (Å²) in [6.45, 7) is 17.8. The summed E-state index contributed by atoms with van der Waals surface area (Å²) in [7, 11) is 0. The Hall–Kier alpha value is -7.32. The highest BCUT2D eigenvalue weighted by Crippen LogP contribution is 2.59. The van der Waals surface area contributed by atoms with Gasteiger partial charge in [-0.1, -0.05) is 78.8 Å². The highest BCUT2D eigenvalue weighted by Gasteiger charge is 2.67. The highest BCUT2D eigenvalue weighted by molar-refractivity contribution is 7.13. The molecule has 4 aromatic carbocycles. The Balaban J connectivity index is 0.866. The van der Waals surface area contributed by atoms with Crippen LogP contribution in [0.3, 0.4) is 0 Å². The average molecular weight is 1000 g/mol. The number of anilines is 2. The van der Waals surface area contributed by atoms with E-state index in [-0.39, 0.29) is 60.1 Å². The standard InChI is InChI=1S/C55H58F3N7O6S/c1-31(33-13-15-34(16-14-33)47-32(2)60-30-72-47)61-48(68)44-23-39(66)27-64(44)28-45(52(3,4)5)63-46(67)29-70-40-12-10-11-37(22-40)62-38-18-20-42-36(21-38)26-65(49(42)69)50-53(6,7)51(54(50,8)9)71-41-19-17-35(25-59)43(24-41)55(56,57)58/h10-24,27,30-31,45,50-51,62,66H,26,28-29H2,1-9H3,(H,61,68)(H,63,67)/t31-,45?,50?,51?/m1/s1. The van der Waals surface area contributed by atoms with E-state index >= 15 is 0 Å². The SMILES string of the molecule is Cc1ncsc1-c1ccc([C@@H](C)NC(=O)c2cc(O)cn2CC(NC(=O)COc2cccc(Nc3ccc4c(c3)CN(C3C(C)(C)C(Oc5ccc(C#N)c(C(F)(F)F)c5)C3(C)C)C4=O)c2)C(C)(C)C)cc1. The number of nitrogens with zero attached hydrogens (tertiary/aromatic N) is 4. The summed E-state index contributed by atoms with van der Waals surface area (Å²) in [5.41, 5.74) is 4.44. The molecule has 0 spiro atoms. The summed E-state index contributed by atoms with van der Waals surface area (Å²) in [6, 6.07) is 25.8. The normalized spacial score (nSPS) is 17.8. The summed E-state index contributed by atoms with van der Waals surface area (Å²) in [4.78, 5) is 48.3. The fourth-order valence-electron chi connectivity index (χ4n) is 10.5. The number of fused-ring (bicyclic) bond motifs is 1. The average Bonchev–Trinajstić information content (AvgIpc) is 4.01. The largest absolute Gasteiger partial charge is 0.506 e. The van der Waals surface area contributed by atoms with Crippen molar-refractivity contribution in [1.29, 1.82) is 5.26 Å². The third kappa shape index (κ3) is 10.4. The number of nitrogens with one attached hydrogen (secondary N) is 3. The zero-order valence-electron chi connectivity index (χ0n) is 41.6. The summed E-state index contributed by atoms with van der Waals surface area (Å²) in [5, 5.41) is 29.3. The first-order chi connectivity index (χ1) is 33.8. The van der Waals surface area contributed by atoms with Gasteiger partial charge in [-0.15, -0.1) is 11.3 Å². The fraction of sp³-hybridized carbons (Fsp3) is 0.364. The molecule has 2 aromatic heterocycles. The summed E-state index contributed by atoms with van der Waals surface area (Å²) in [6.07, 6.45) is -3.79. The number of alkyl halides is 3. The zero-order chi connectivity index (χ0) is 52.1. The predicted molar refractivity (Wildman–Crippen MR) is 269 cm³/mol. The van der Waals surface area contributed by atoms with E-state index < -0.39 is 45.7 Å². The Kier molecular flexibility index (Phi) is 13.7. The molecule has 2 atom stereocenters. The van der Waals surface area contributed by atoms with E-state index in [1.165, 1.54) is 18.3 Å². The van der Waals surface area contributed by atoms with Crippen LogP contribution >= 0.6 is 11.3 Å². The number of hydrogen-bond acceptors (Lipinski definition) is 10. The molecule has 1 saturated carbocycles. The minimum absolute atomic E-state index is 0.000748. The van der Waals surface area contributed by atoms with Gasteiger partial charge in [0.15, 0.2) is 6.61 Å². The molecule has 8 rings (SSSR count). The molecule has 4 N–H and O–H groups in total. The zero-order valence-corrected chi connectivity index (χ0v) is 42.4. The van der Waals surface area contributed by atoms with Crippen LogP contribution < -0.4 is 25.4 Å². The van der Waals surface area contributed by atoms with E-state index in [0.717, 1.165) is 45.1 Å². The molecule has 17 heteroatoms. The van der Waals surface area contributed by atoms with E-state index in [9.17, 15) is 37.9 Å². The summed E-state index contributed by atoms with van der Waals surface area (Å²) >= 11 is 1.57. The van der Waals surface area contributed by atoms with Crippen molar-refractivity contribution in [3.63, 3.8) is 0 Å². The molecule has 1 fully saturated rings. The second kappa shape index (κ2) is 19.4. The summed E-state index contributed by atoms with van der Waals surface area (Å²) < 4.78 is 55.1. The number of aromatic nitrogens is 2. The van der Waals surface area contributed by atoms with Gasteiger partial charge in [0, 0.05) is 65.2 Å². The maximum absolute atomic E-state index is 13.9. The summed E-state index contributed by atoms with van der Waals surface area (Å²) in [5.74, 6) is -0.550. The number of amides is 3. The lowest BCUT2D eigenvalue weighted by Gasteiger charge is -2.65. The first-order valence-electron chi connectivity index (χ1n) is 23.6. The Labute approximate surface area is 421 Å². The molecule has 13 nitrogen and oxygen atoms in total. The smallest absolute Gasteiger partial charge is 0.417 e. The van der Waals surface area contributed by atoms with Gasteiger partial charge in [-0.05, 0) is 84.5 Å². The van der Waals surface area contributed by atoms with E-state index in [2.05, 4.69) is 20.9 Å². The number of rotatable bonds is 15. The van der Waals surface area contributed by atoms with Crippen molar-refractivity contribution < 1.29 is 42.1 Å². The molecule has 3 heterocycles. The molecule has 0 bridgehead atoms. The van der Waals surface area contributed by atoms with E-state index in [0.29, 0.717) is 23.5 Å². The van der Waals surface area contributed by atoms with Gasteiger partial charge in [0.05, 0.1) is 45.4 Å². The Morgan fingerprint density at radius 1 is 0.944 bits per heavy atom. The van der Waals surface area contributed by atoms with E-state index in [1.54, 1.807) is 46.2 Å². The number of aromatic hydroxyl groups is 1. The van der Waals surface area contributed by atoms with Gasteiger partial charge < -0.3 is 40.0 Å². The number of benzene rings is 4. The Morgan fingerprint density at radius 2 is 1.65 bits per heavy atom. The van der Waals surface area contributed by atoms with Gasteiger partial charge in [-0.3, -0.25) is 14.4 Å². The minimum atomic E-state index is -4.73. The number of carbonyl (C=O) groups is 3. The van der Waals surface area contributed by atoms with Crippen LogP contribution in [0.2, 0.25) is 0 Å². The number of thiazole rings is 1. The molecule has 6 aromatic rings.